The molecule has 0 unspecified atom stereocenters. The minimum absolute atomic E-state index is 0.0638. The van der Waals surface area contributed by atoms with Crippen molar-refractivity contribution in [1.29, 1.82) is 0 Å². The van der Waals surface area contributed by atoms with Gasteiger partial charge in [-0.25, -0.2) is 4.79 Å². The molecule has 7 nitrogen and oxygen atoms in total. The first-order valence-corrected chi connectivity index (χ1v) is 10.3. The molecule has 0 aromatic heterocycles. The van der Waals surface area contributed by atoms with Crippen molar-refractivity contribution in [3.63, 3.8) is 0 Å². The molecule has 2 amide bonds. The van der Waals surface area contributed by atoms with E-state index in [4.69, 9.17) is 9.47 Å². The van der Waals surface area contributed by atoms with Gasteiger partial charge in [0.1, 0.15) is 11.4 Å². The van der Waals surface area contributed by atoms with Gasteiger partial charge in [0.15, 0.2) is 12.4 Å². The molecule has 1 heterocycles. The molecule has 1 fully saturated rings. The maximum absolute atomic E-state index is 12.4. The zero-order valence-electron chi connectivity index (χ0n) is 18.2. The van der Waals surface area contributed by atoms with Gasteiger partial charge >= 0.3 is 6.09 Å². The fourth-order valence-electron chi connectivity index (χ4n) is 3.16. The Labute approximate surface area is 182 Å². The average molecular weight is 424 g/mol. The van der Waals surface area contributed by atoms with E-state index in [2.05, 4.69) is 0 Å². The molecule has 0 radical (unpaired) electrons. The number of nitrogens with zero attached hydrogens (tertiary/aromatic N) is 2. The van der Waals surface area contributed by atoms with Crippen LogP contribution in [0.15, 0.2) is 54.6 Å². The second-order valence-corrected chi connectivity index (χ2v) is 8.36. The molecule has 0 atom stereocenters. The number of piperazine rings is 1. The summed E-state index contributed by atoms with van der Waals surface area (Å²) >= 11 is 0. The third-order valence-electron chi connectivity index (χ3n) is 4.80. The van der Waals surface area contributed by atoms with E-state index in [1.807, 2.05) is 39.0 Å². The number of hydrogen-bond donors (Lipinski definition) is 0. The van der Waals surface area contributed by atoms with Gasteiger partial charge in [-0.3, -0.25) is 9.59 Å². The molecule has 0 bridgehead atoms. The minimum atomic E-state index is -0.543. The van der Waals surface area contributed by atoms with Gasteiger partial charge in [0, 0.05) is 37.3 Å². The standard InChI is InChI=1S/C24H28N2O5/c1-24(2,3)31-23(29)26-15-13-25(14-16-26)21(27)17-30-20-11-9-19(10-12-20)22(28)18-7-5-4-6-8-18/h4-12H,13-17H2,1-3H3. The number of amides is 2. The van der Waals surface area contributed by atoms with Crippen LogP contribution in [0.3, 0.4) is 0 Å². The van der Waals surface area contributed by atoms with E-state index in [1.54, 1.807) is 46.2 Å². The molecule has 0 saturated carbocycles. The van der Waals surface area contributed by atoms with Crippen molar-refractivity contribution in [1.82, 2.24) is 9.80 Å². The summed E-state index contributed by atoms with van der Waals surface area (Å²) in [6.45, 7) is 7.11. The average Bonchev–Trinajstić information content (AvgIpc) is 2.77. The SMILES string of the molecule is CC(C)(C)OC(=O)N1CCN(C(=O)COc2ccc(C(=O)c3ccccc3)cc2)CC1. The summed E-state index contributed by atoms with van der Waals surface area (Å²) in [6, 6.07) is 15.8. The van der Waals surface area contributed by atoms with Gasteiger partial charge < -0.3 is 19.3 Å². The normalized spacial score (nSPS) is 14.2. The van der Waals surface area contributed by atoms with Crippen molar-refractivity contribution >= 4 is 17.8 Å². The summed E-state index contributed by atoms with van der Waals surface area (Å²) in [5.74, 6) is 0.310. The lowest BCUT2D eigenvalue weighted by Gasteiger charge is -2.35. The predicted molar refractivity (Wildman–Crippen MR) is 116 cm³/mol. The fourth-order valence-corrected chi connectivity index (χ4v) is 3.16. The molecule has 2 aromatic carbocycles. The second kappa shape index (κ2) is 9.64. The summed E-state index contributed by atoms with van der Waals surface area (Å²) in [6.07, 6.45) is -0.360. The Morgan fingerprint density at radius 3 is 1.94 bits per heavy atom. The Bertz CT molecular complexity index is 911. The van der Waals surface area contributed by atoms with Crippen LogP contribution in [-0.2, 0) is 9.53 Å². The highest BCUT2D eigenvalue weighted by Crippen LogP contribution is 2.16. The van der Waals surface area contributed by atoms with Gasteiger partial charge in [0.25, 0.3) is 5.91 Å². The lowest BCUT2D eigenvalue weighted by atomic mass is 10.0. The lowest BCUT2D eigenvalue weighted by Crippen LogP contribution is -2.52. The van der Waals surface area contributed by atoms with Crippen LogP contribution in [0.2, 0.25) is 0 Å². The van der Waals surface area contributed by atoms with Crippen molar-refractivity contribution in [2.45, 2.75) is 26.4 Å². The van der Waals surface area contributed by atoms with E-state index in [-0.39, 0.29) is 24.4 Å². The van der Waals surface area contributed by atoms with Gasteiger partial charge in [0.2, 0.25) is 0 Å². The number of rotatable bonds is 5. The molecule has 1 saturated heterocycles. The third kappa shape index (κ3) is 6.31. The van der Waals surface area contributed by atoms with Crippen LogP contribution in [0.5, 0.6) is 5.75 Å². The van der Waals surface area contributed by atoms with Crippen LogP contribution in [0.1, 0.15) is 36.7 Å². The zero-order chi connectivity index (χ0) is 22.4. The molecule has 1 aliphatic heterocycles. The topological polar surface area (TPSA) is 76.2 Å². The third-order valence-corrected chi connectivity index (χ3v) is 4.80. The second-order valence-electron chi connectivity index (χ2n) is 8.36. The first kappa shape index (κ1) is 22.3. The van der Waals surface area contributed by atoms with Crippen molar-refractivity contribution in [2.24, 2.45) is 0 Å². The summed E-state index contributed by atoms with van der Waals surface area (Å²) in [7, 11) is 0. The van der Waals surface area contributed by atoms with Crippen molar-refractivity contribution in [3.05, 3.63) is 65.7 Å². The molecule has 3 rings (SSSR count). The van der Waals surface area contributed by atoms with E-state index in [0.717, 1.165) is 0 Å². The molecule has 164 valence electrons. The van der Waals surface area contributed by atoms with E-state index in [0.29, 0.717) is 43.1 Å². The van der Waals surface area contributed by atoms with Crippen molar-refractivity contribution in [3.8, 4) is 5.75 Å². The van der Waals surface area contributed by atoms with Gasteiger partial charge in [-0.2, -0.15) is 0 Å². The summed E-state index contributed by atoms with van der Waals surface area (Å²) in [4.78, 5) is 40.3. The van der Waals surface area contributed by atoms with Crippen LogP contribution in [0.25, 0.3) is 0 Å². The van der Waals surface area contributed by atoms with Crippen LogP contribution in [0, 0.1) is 0 Å². The Balaban J connectivity index is 1.46. The number of ketones is 1. The highest BCUT2D eigenvalue weighted by atomic mass is 16.6. The zero-order valence-corrected chi connectivity index (χ0v) is 18.2. The molecule has 7 heteroatoms. The van der Waals surface area contributed by atoms with Gasteiger partial charge in [-0.1, -0.05) is 30.3 Å². The predicted octanol–water partition coefficient (Wildman–Crippen LogP) is 3.38. The van der Waals surface area contributed by atoms with Gasteiger partial charge in [-0.15, -0.1) is 0 Å². The quantitative estimate of drug-likeness (QED) is 0.688. The Morgan fingerprint density at radius 2 is 1.35 bits per heavy atom. The smallest absolute Gasteiger partial charge is 0.410 e. The molecule has 0 spiro atoms. The minimum Gasteiger partial charge on any atom is -0.484 e. The van der Waals surface area contributed by atoms with E-state index >= 15 is 0 Å². The van der Waals surface area contributed by atoms with Gasteiger partial charge in [-0.05, 0) is 45.0 Å². The first-order chi connectivity index (χ1) is 14.7. The lowest BCUT2D eigenvalue weighted by molar-refractivity contribution is -0.135. The van der Waals surface area contributed by atoms with Gasteiger partial charge in [0.05, 0.1) is 0 Å². The maximum atomic E-state index is 12.4. The molecular weight excluding hydrogens is 396 g/mol. The molecule has 31 heavy (non-hydrogen) atoms. The molecular formula is C24H28N2O5. The largest absolute Gasteiger partial charge is 0.484 e. The van der Waals surface area contributed by atoms with Crippen LogP contribution >= 0.6 is 0 Å². The van der Waals surface area contributed by atoms with Crippen LogP contribution < -0.4 is 4.74 Å². The Morgan fingerprint density at radius 1 is 0.806 bits per heavy atom. The summed E-state index contributed by atoms with van der Waals surface area (Å²) in [5.41, 5.74) is 0.638. The van der Waals surface area contributed by atoms with E-state index < -0.39 is 5.60 Å². The fraction of sp³-hybridized carbons (Fsp3) is 0.375. The Kier molecular flexibility index (Phi) is 6.95. The number of carbonyl (C=O) groups is 3. The van der Waals surface area contributed by atoms with E-state index in [9.17, 15) is 14.4 Å². The first-order valence-electron chi connectivity index (χ1n) is 10.3. The maximum Gasteiger partial charge on any atom is 0.410 e. The molecule has 0 N–H and O–H groups in total. The highest BCUT2D eigenvalue weighted by Gasteiger charge is 2.27. The van der Waals surface area contributed by atoms with Crippen LogP contribution in [0.4, 0.5) is 4.79 Å². The highest BCUT2D eigenvalue weighted by molar-refractivity contribution is 6.08. The molecule has 1 aliphatic rings. The van der Waals surface area contributed by atoms with E-state index in [1.165, 1.54) is 0 Å². The molecule has 0 aliphatic carbocycles. The summed E-state index contributed by atoms with van der Waals surface area (Å²) in [5, 5.41) is 0. The molecule has 2 aromatic rings. The monoisotopic (exact) mass is 424 g/mol. The van der Waals surface area contributed by atoms with Crippen molar-refractivity contribution < 1.29 is 23.9 Å². The summed E-state index contributed by atoms with van der Waals surface area (Å²) < 4.78 is 11.0. The van der Waals surface area contributed by atoms with Crippen LogP contribution in [-0.4, -0.2) is 66.0 Å². The number of ether oxygens (including phenoxy) is 2. The van der Waals surface area contributed by atoms with Crippen molar-refractivity contribution in [2.75, 3.05) is 32.8 Å². The Hall–Kier alpha value is -3.35. The number of benzene rings is 2. The number of carbonyl (C=O) groups excluding carboxylic acids is 3. The number of hydrogen-bond acceptors (Lipinski definition) is 5.